The molecule has 47 nitrogen and oxygen atoms in total. The smallest absolute Gasteiger partial charge is 0.303 e. The molecule has 5 saturated heterocycles. The predicted molar refractivity (Wildman–Crippen MR) is 540 cm³/mol. The van der Waals surface area contributed by atoms with Crippen molar-refractivity contribution in [3.8, 4) is 0 Å². The van der Waals surface area contributed by atoms with E-state index in [1.807, 2.05) is 45.0 Å². The summed E-state index contributed by atoms with van der Waals surface area (Å²) < 4.78 is 0. The van der Waals surface area contributed by atoms with E-state index in [0.717, 1.165) is 16.5 Å². The SMILES string of the molecule is C[C@H](NC(=O)[C@H](C)NC(=O)[C@H](C)NC(=O)[C@@H]1CCC2CS[C@@H]3C[C@H](C(=O)N21)N(C(=O)[C@@H](N)CCC(=O)O)C3)C(=O)N[C@@H](C)C(=O)N[C@@H](CCCCN)C(=O)N[C@@H](C)C(=O)N[C@@H](C)C(=O)N[C@@H](C)C(=O)N[C@@H](CC(C)(C)C)C(=O)N1CCC(C(=O)N2CCC(C(=O)N[C@@H](CCCCN)C(=O)N[C@@H](CCCCN)C(=O)N[C@@H](CCCCN)C(=O)N[C@@H](CCCCN)C(=O)N[C@@H](Cc3c[nH]c4ccccc34)C(N)=O)CC2)CC1. The van der Waals surface area contributed by atoms with Gasteiger partial charge in [0.05, 0.1) is 6.04 Å². The number of nitrogens with two attached hydrogens (primary N) is 7. The van der Waals surface area contributed by atoms with Crippen LogP contribution in [0.5, 0.6) is 0 Å². The average Bonchev–Trinajstić information content (AvgIpc) is 1.62. The molecule has 5 aliphatic heterocycles. The Morgan fingerprint density at radius 1 is 0.434 bits per heavy atom. The zero-order valence-corrected chi connectivity index (χ0v) is 86.3. The first-order chi connectivity index (χ1) is 68.7. The fourth-order valence-electron chi connectivity index (χ4n) is 18.4. The molecule has 0 spiro atoms. The highest BCUT2D eigenvalue weighted by atomic mass is 32.2. The van der Waals surface area contributed by atoms with Gasteiger partial charge in [-0.25, -0.2) is 0 Å². The van der Waals surface area contributed by atoms with Crippen molar-refractivity contribution >= 4 is 141 Å². The van der Waals surface area contributed by atoms with E-state index >= 15 is 0 Å². The largest absolute Gasteiger partial charge is 0.481 e. The number of para-hydroxylation sites is 1. The zero-order chi connectivity index (χ0) is 107. The van der Waals surface area contributed by atoms with Gasteiger partial charge >= 0.3 is 5.97 Å². The number of amides is 19. The van der Waals surface area contributed by atoms with Crippen LogP contribution in [0.3, 0.4) is 0 Å². The third-order valence-electron chi connectivity index (χ3n) is 27.1. The zero-order valence-electron chi connectivity index (χ0n) is 85.5. The summed E-state index contributed by atoms with van der Waals surface area (Å²) in [5.41, 5.74) is 42.2. The van der Waals surface area contributed by atoms with Gasteiger partial charge in [0.2, 0.25) is 112 Å². The molecule has 5 fully saturated rings. The fourth-order valence-corrected chi connectivity index (χ4v) is 19.8. The minimum atomic E-state index is -1.31. The van der Waals surface area contributed by atoms with E-state index in [1.54, 1.807) is 27.8 Å². The molecule has 19 amide bonds. The van der Waals surface area contributed by atoms with E-state index in [2.05, 4.69) is 79.4 Å². The highest BCUT2D eigenvalue weighted by Gasteiger charge is 2.52. The van der Waals surface area contributed by atoms with E-state index in [-0.39, 0.29) is 147 Å². The summed E-state index contributed by atoms with van der Waals surface area (Å²) in [6, 6.07) is -13.1. The number of H-pyrrole nitrogens is 1. The lowest BCUT2D eigenvalue weighted by Gasteiger charge is -2.38. The van der Waals surface area contributed by atoms with Gasteiger partial charge in [-0.05, 0) is 252 Å². The second-order valence-electron chi connectivity index (χ2n) is 40.1. The number of nitrogens with zero attached hydrogens (tertiary/aromatic N) is 4. The molecule has 30 N–H and O–H groups in total. The maximum atomic E-state index is 14.6. The number of benzene rings is 1. The Balaban J connectivity index is 0.844. The fraction of sp³-hybridized carbons (Fsp3) is 0.711. The number of unbranched alkanes of at least 4 members (excludes halogenated alkanes) is 5. The highest BCUT2D eigenvalue weighted by molar-refractivity contribution is 8.00. The number of thioether (sulfide) groups is 1. The Morgan fingerprint density at radius 3 is 1.23 bits per heavy atom. The topological polar surface area (TPSA) is 741 Å². The van der Waals surface area contributed by atoms with Gasteiger partial charge in [-0.2, -0.15) is 11.8 Å². The van der Waals surface area contributed by atoms with Crippen LogP contribution in [0.15, 0.2) is 30.5 Å². The molecule has 0 aliphatic carbocycles. The second-order valence-corrected chi connectivity index (χ2v) is 41.5. The molecule has 145 heavy (non-hydrogen) atoms. The first-order valence-corrected chi connectivity index (χ1v) is 52.2. The summed E-state index contributed by atoms with van der Waals surface area (Å²) >= 11 is 1.57. The van der Waals surface area contributed by atoms with Gasteiger partial charge in [0.15, 0.2) is 0 Å². The molecule has 19 atom stereocenters. The summed E-state index contributed by atoms with van der Waals surface area (Å²) in [7, 11) is 0. The van der Waals surface area contributed by atoms with Crippen LogP contribution in [0.4, 0.5) is 0 Å². The van der Waals surface area contributed by atoms with Crippen LogP contribution in [0, 0.1) is 17.3 Å². The Morgan fingerprint density at radius 2 is 0.807 bits per heavy atom. The van der Waals surface area contributed by atoms with Crippen LogP contribution < -0.4 is 115 Å². The molecule has 0 saturated carbocycles. The Bertz CT molecular complexity index is 4780. The Kier molecular flexibility index (Phi) is 49.1. The Hall–Kier alpha value is -11.7. The maximum absolute atomic E-state index is 14.6. The standard InChI is InChI=1S/C97H160N26O21S/c1-53(108-83(131)57(5)112-92(140)75-32-30-63-52-145-64-48-76(96(144)123(63)75)122(51-64)94(142)66(103)31-33-77(124)125)79(127)106-54(2)80(128)109-58(6)84(132)113-68(25-13-18-38-98)87(135)111-56(4)82(130)107-55(3)81(129)110-59(7)85(133)119-74(49-97(8,9)10)95(143)121-45-36-61(37-46-121)93(141)120-43-34-60(35-44-120)86(134)114-69(26-14-19-39-99)88(136)115-70(27-15-20-40-100)89(137)116-71(28-16-21-41-101)90(138)117-72(29-17-22-42-102)91(139)118-73(78(104)126)47-62-50-105-67-24-12-11-23-65(62)67/h11-12,23-24,50,53-61,63-64,66,68-76,105H,13-22,25-49,51-52,98-103H2,1-10H3,(H2,104,126)(H,106,127)(H,107,130)(H,108,131)(H,109,128)(H,110,129)(H,111,135)(H,112,140)(H,113,132)(H,114,134)(H,115,136)(H,116,137)(H,117,138)(H,118,139)(H,119,133)(H,124,125)/t53-,54-,55-,56-,57-,58-,59-,63?,64+,66-,68-,69-,70-,71-,72-,73-,74-,75-,76+/m0/s1. The third-order valence-corrected chi connectivity index (χ3v) is 28.5. The first-order valence-electron chi connectivity index (χ1n) is 51.1. The number of aromatic amines is 1. The number of aromatic nitrogens is 1. The van der Waals surface area contributed by atoms with Crippen molar-refractivity contribution in [3.05, 3.63) is 36.0 Å². The minimum absolute atomic E-state index is 0.0339. The molecule has 5 aliphatic rings. The van der Waals surface area contributed by atoms with Crippen LogP contribution >= 0.6 is 11.8 Å². The molecule has 48 heteroatoms. The van der Waals surface area contributed by atoms with Crippen molar-refractivity contribution in [2.24, 2.45) is 57.4 Å². The predicted octanol–water partition coefficient (Wildman–Crippen LogP) is -4.05. The lowest BCUT2D eigenvalue weighted by Crippen LogP contribution is -2.59. The average molecular weight is 2060 g/mol. The summed E-state index contributed by atoms with van der Waals surface area (Å²) in [6.45, 7) is 17.5. The monoisotopic (exact) mass is 2060 g/mol. The van der Waals surface area contributed by atoms with Gasteiger partial charge in [0.25, 0.3) is 0 Å². The molecule has 2 bridgehead atoms. The summed E-state index contributed by atoms with van der Waals surface area (Å²) in [4.78, 5) is 285. The number of carboxylic acids is 1. The van der Waals surface area contributed by atoms with Crippen molar-refractivity contribution in [2.75, 3.05) is 71.2 Å². The number of carbonyl (C=O) groups is 20. The van der Waals surface area contributed by atoms with Crippen molar-refractivity contribution < 1.29 is 101 Å². The van der Waals surface area contributed by atoms with E-state index < -0.39 is 232 Å². The normalized spacial score (nSPS) is 19.7. The lowest BCUT2D eigenvalue weighted by molar-refractivity contribution is -0.149. The molecule has 7 rings (SSSR count). The number of hydrogen-bond donors (Lipinski definition) is 23. The van der Waals surface area contributed by atoms with Crippen LogP contribution in [0.1, 0.15) is 235 Å². The van der Waals surface area contributed by atoms with Crippen LogP contribution in [-0.4, -0.2) is 333 Å². The van der Waals surface area contributed by atoms with E-state index in [9.17, 15) is 95.9 Å². The quantitative estimate of drug-likeness (QED) is 0.0280. The first kappa shape index (κ1) is 120. The van der Waals surface area contributed by atoms with Crippen LogP contribution in [0.25, 0.3) is 10.9 Å². The number of hydrogen-bond acceptors (Lipinski definition) is 27. The number of fused-ring (bicyclic) bond motifs is 4. The summed E-state index contributed by atoms with van der Waals surface area (Å²) in [5.74, 6) is -14.3. The molecular formula is C97H160N26O21S. The van der Waals surface area contributed by atoms with Crippen molar-refractivity contribution in [1.29, 1.82) is 0 Å². The summed E-state index contributed by atoms with van der Waals surface area (Å²) in [6.07, 6.45) is 8.62. The van der Waals surface area contributed by atoms with Gasteiger partial charge < -0.3 is 144 Å². The molecule has 2 aromatic rings. The third kappa shape index (κ3) is 37.3. The van der Waals surface area contributed by atoms with Gasteiger partial charge in [-0.15, -0.1) is 0 Å². The number of nitrogens with one attached hydrogen (secondary N) is 15. The van der Waals surface area contributed by atoms with Gasteiger partial charge in [0.1, 0.15) is 96.7 Å². The molecule has 1 aromatic carbocycles. The number of rotatable bonds is 58. The molecule has 6 heterocycles. The van der Waals surface area contributed by atoms with Gasteiger partial charge in [-0.3, -0.25) is 95.9 Å². The van der Waals surface area contributed by atoms with Gasteiger partial charge in [-0.1, -0.05) is 39.0 Å². The number of primary amides is 1. The Labute approximate surface area is 851 Å². The molecular weight excluding hydrogens is 1900 g/mol. The number of carbonyl (C=O) groups excluding carboxylic acids is 19. The van der Waals surface area contributed by atoms with E-state index in [1.165, 1.54) is 58.3 Å². The number of carboxylic acid groups (broad SMARTS) is 1. The van der Waals surface area contributed by atoms with Gasteiger partial charge in [0, 0.05) is 91.5 Å². The molecule has 1 aromatic heterocycles. The van der Waals surface area contributed by atoms with E-state index in [0.29, 0.717) is 109 Å². The lowest BCUT2D eigenvalue weighted by atomic mass is 9.86. The maximum Gasteiger partial charge on any atom is 0.303 e. The number of aliphatic carboxylic acids is 1. The van der Waals surface area contributed by atoms with Crippen LogP contribution in [0.2, 0.25) is 0 Å². The molecule has 0 radical (unpaired) electrons. The highest BCUT2D eigenvalue weighted by Crippen LogP contribution is 2.39. The van der Waals surface area contributed by atoms with Crippen molar-refractivity contribution in [1.82, 2.24) is 99.0 Å². The summed E-state index contributed by atoms with van der Waals surface area (Å²) in [5, 5.41) is 47.2. The van der Waals surface area contributed by atoms with E-state index in [4.69, 9.17) is 45.2 Å². The minimum Gasteiger partial charge on any atom is -0.481 e. The number of piperidine rings is 2. The molecule has 810 valence electrons. The molecule has 1 unspecified atom stereocenters. The second kappa shape index (κ2) is 59.2. The van der Waals surface area contributed by atoms with Crippen molar-refractivity contribution in [3.63, 3.8) is 0 Å². The van der Waals surface area contributed by atoms with Crippen molar-refractivity contribution in [2.45, 2.75) is 350 Å². The van der Waals surface area contributed by atoms with Crippen LogP contribution in [-0.2, 0) is 102 Å². The number of likely N-dealkylation sites (tertiary alicyclic amines) is 3.